The van der Waals surface area contributed by atoms with E-state index in [-0.39, 0.29) is 17.5 Å². The van der Waals surface area contributed by atoms with Gasteiger partial charge in [0.15, 0.2) is 0 Å². The zero-order chi connectivity index (χ0) is 22.9. The van der Waals surface area contributed by atoms with Gasteiger partial charge in [0.1, 0.15) is 5.69 Å². The van der Waals surface area contributed by atoms with Gasteiger partial charge in [-0.3, -0.25) is 14.4 Å². The summed E-state index contributed by atoms with van der Waals surface area (Å²) >= 11 is 3.55. The number of amides is 1. The highest BCUT2D eigenvalue weighted by Gasteiger charge is 2.31. The smallest absolute Gasteiger partial charge is 0.272 e. The quantitative estimate of drug-likeness (QED) is 0.496. The van der Waals surface area contributed by atoms with Crippen LogP contribution in [-0.4, -0.2) is 51.7 Å². The van der Waals surface area contributed by atoms with Crippen LogP contribution in [0.4, 0.5) is 0 Å². The molecule has 1 atom stereocenters. The Morgan fingerprint density at radius 3 is 2.12 bits per heavy atom. The highest BCUT2D eigenvalue weighted by Crippen LogP contribution is 2.31. The number of aryl methyl sites for hydroxylation is 1. The van der Waals surface area contributed by atoms with E-state index in [0.29, 0.717) is 18.8 Å². The molecule has 4 rings (SSSR count). The normalized spacial score (nSPS) is 16.2. The monoisotopic (exact) mass is 494 g/mol. The van der Waals surface area contributed by atoms with Gasteiger partial charge in [-0.15, -0.1) is 0 Å². The van der Waals surface area contributed by atoms with Crippen molar-refractivity contribution in [3.63, 3.8) is 0 Å². The second-order valence-electron chi connectivity index (χ2n) is 9.45. The minimum atomic E-state index is -0.235. The summed E-state index contributed by atoms with van der Waals surface area (Å²) in [5, 5.41) is 4.58. The van der Waals surface area contributed by atoms with E-state index < -0.39 is 0 Å². The molecule has 1 aliphatic heterocycles. The first kappa shape index (κ1) is 22.7. The molecule has 32 heavy (non-hydrogen) atoms. The van der Waals surface area contributed by atoms with Crippen molar-refractivity contribution < 1.29 is 4.79 Å². The summed E-state index contributed by atoms with van der Waals surface area (Å²) in [5.74, 6) is 0.0695. The first-order valence-electron chi connectivity index (χ1n) is 11.1. The number of halogens is 1. The van der Waals surface area contributed by atoms with E-state index in [1.807, 2.05) is 22.6 Å². The second-order valence-corrected chi connectivity index (χ2v) is 10.4. The van der Waals surface area contributed by atoms with E-state index in [4.69, 9.17) is 0 Å². The molecule has 0 aliphatic carbocycles. The summed E-state index contributed by atoms with van der Waals surface area (Å²) < 4.78 is 2.94. The second kappa shape index (κ2) is 9.20. The van der Waals surface area contributed by atoms with Crippen LogP contribution in [0.3, 0.4) is 0 Å². The van der Waals surface area contributed by atoms with Crippen LogP contribution in [0.1, 0.15) is 54.1 Å². The SMILES string of the molecule is Cc1cc(C(=O)N2CCN(C(c3ccccc3)c3ccc(Br)cc3)CC2)n(C(C)(C)C)n1. The molecule has 1 unspecified atom stereocenters. The van der Waals surface area contributed by atoms with E-state index in [9.17, 15) is 4.79 Å². The van der Waals surface area contributed by atoms with Gasteiger partial charge in [-0.05, 0) is 57.0 Å². The molecule has 168 valence electrons. The molecule has 1 aromatic heterocycles. The van der Waals surface area contributed by atoms with Crippen molar-refractivity contribution in [1.82, 2.24) is 19.6 Å². The molecule has 2 aromatic carbocycles. The molecular formula is C26H31BrN4O. The van der Waals surface area contributed by atoms with Gasteiger partial charge in [0.05, 0.1) is 17.3 Å². The third-order valence-corrected chi connectivity index (χ3v) is 6.48. The van der Waals surface area contributed by atoms with Crippen LogP contribution >= 0.6 is 15.9 Å². The Kier molecular flexibility index (Phi) is 6.54. The molecule has 0 N–H and O–H groups in total. The highest BCUT2D eigenvalue weighted by molar-refractivity contribution is 9.10. The van der Waals surface area contributed by atoms with Crippen molar-refractivity contribution in [3.05, 3.63) is 87.7 Å². The zero-order valence-corrected chi connectivity index (χ0v) is 20.8. The van der Waals surface area contributed by atoms with Crippen molar-refractivity contribution >= 4 is 21.8 Å². The molecule has 3 aromatic rings. The molecular weight excluding hydrogens is 464 g/mol. The van der Waals surface area contributed by atoms with Gasteiger partial charge in [0.2, 0.25) is 0 Å². The maximum atomic E-state index is 13.4. The molecule has 0 radical (unpaired) electrons. The van der Waals surface area contributed by atoms with Crippen LogP contribution < -0.4 is 0 Å². The average Bonchev–Trinajstić information content (AvgIpc) is 3.18. The van der Waals surface area contributed by atoms with Crippen LogP contribution in [0, 0.1) is 6.92 Å². The molecule has 0 saturated carbocycles. The lowest BCUT2D eigenvalue weighted by molar-refractivity contribution is 0.0578. The standard InChI is InChI=1S/C26H31BrN4O/c1-19-18-23(31(28-19)26(2,3)4)25(32)30-16-14-29(15-17-30)24(20-8-6-5-7-9-20)21-10-12-22(27)13-11-21/h5-13,18,24H,14-17H2,1-4H3. The summed E-state index contributed by atoms with van der Waals surface area (Å²) in [6.07, 6.45) is 0. The number of carbonyl (C=O) groups is 1. The van der Waals surface area contributed by atoms with Crippen LogP contribution in [0.15, 0.2) is 65.1 Å². The van der Waals surface area contributed by atoms with Gasteiger partial charge in [-0.1, -0.05) is 58.4 Å². The van der Waals surface area contributed by atoms with E-state index >= 15 is 0 Å². The molecule has 6 heteroatoms. The largest absolute Gasteiger partial charge is 0.335 e. The first-order chi connectivity index (χ1) is 15.2. The Balaban J connectivity index is 1.54. The summed E-state index contributed by atoms with van der Waals surface area (Å²) in [6.45, 7) is 11.2. The predicted octanol–water partition coefficient (Wildman–Crippen LogP) is 5.26. The van der Waals surface area contributed by atoms with Crippen molar-refractivity contribution in [3.8, 4) is 0 Å². The summed E-state index contributed by atoms with van der Waals surface area (Å²) in [6, 6.07) is 21.3. The Morgan fingerprint density at radius 1 is 0.938 bits per heavy atom. The number of hydrogen-bond acceptors (Lipinski definition) is 3. The summed E-state index contributed by atoms with van der Waals surface area (Å²) in [5.41, 5.74) is 3.86. The maximum absolute atomic E-state index is 13.4. The molecule has 5 nitrogen and oxygen atoms in total. The van der Waals surface area contributed by atoms with Gasteiger partial charge >= 0.3 is 0 Å². The molecule has 1 aliphatic rings. The Labute approximate surface area is 199 Å². The minimum Gasteiger partial charge on any atom is -0.335 e. The Bertz CT molecular complexity index is 1060. The molecule has 0 bridgehead atoms. The fraction of sp³-hybridized carbons (Fsp3) is 0.385. The highest BCUT2D eigenvalue weighted by atomic mass is 79.9. The van der Waals surface area contributed by atoms with Gasteiger partial charge in [0.25, 0.3) is 5.91 Å². The third-order valence-electron chi connectivity index (χ3n) is 5.95. The number of piperazine rings is 1. The van der Waals surface area contributed by atoms with E-state index in [2.05, 4.69) is 101 Å². The molecule has 2 heterocycles. The molecule has 1 saturated heterocycles. The molecule has 0 spiro atoms. The lowest BCUT2D eigenvalue weighted by atomic mass is 9.96. The Morgan fingerprint density at radius 2 is 1.53 bits per heavy atom. The van der Waals surface area contributed by atoms with E-state index in [1.54, 1.807) is 0 Å². The maximum Gasteiger partial charge on any atom is 0.272 e. The van der Waals surface area contributed by atoms with Crippen molar-refractivity contribution in [1.29, 1.82) is 0 Å². The number of hydrogen-bond donors (Lipinski definition) is 0. The number of aromatic nitrogens is 2. The van der Waals surface area contributed by atoms with E-state index in [1.165, 1.54) is 11.1 Å². The van der Waals surface area contributed by atoms with Gasteiger partial charge < -0.3 is 4.90 Å². The van der Waals surface area contributed by atoms with Crippen LogP contribution in [0.5, 0.6) is 0 Å². The fourth-order valence-corrected chi connectivity index (χ4v) is 4.67. The molecule has 1 amide bonds. The fourth-order valence-electron chi connectivity index (χ4n) is 4.40. The lowest BCUT2D eigenvalue weighted by Crippen LogP contribution is -2.50. The van der Waals surface area contributed by atoms with Crippen LogP contribution in [-0.2, 0) is 5.54 Å². The van der Waals surface area contributed by atoms with Crippen molar-refractivity contribution in [2.75, 3.05) is 26.2 Å². The summed E-state index contributed by atoms with van der Waals surface area (Å²) in [4.78, 5) is 17.8. The number of rotatable bonds is 4. The Hall–Kier alpha value is -2.44. The zero-order valence-electron chi connectivity index (χ0n) is 19.3. The number of nitrogens with zero attached hydrogens (tertiary/aromatic N) is 4. The predicted molar refractivity (Wildman–Crippen MR) is 132 cm³/mol. The first-order valence-corrected chi connectivity index (χ1v) is 11.9. The van der Waals surface area contributed by atoms with Gasteiger partial charge in [-0.2, -0.15) is 5.10 Å². The molecule has 1 fully saturated rings. The van der Waals surface area contributed by atoms with Gasteiger partial charge in [-0.25, -0.2) is 0 Å². The average molecular weight is 495 g/mol. The van der Waals surface area contributed by atoms with Gasteiger partial charge in [0, 0.05) is 30.7 Å². The van der Waals surface area contributed by atoms with Crippen molar-refractivity contribution in [2.24, 2.45) is 0 Å². The van der Waals surface area contributed by atoms with Crippen molar-refractivity contribution in [2.45, 2.75) is 39.3 Å². The summed E-state index contributed by atoms with van der Waals surface area (Å²) in [7, 11) is 0. The lowest BCUT2D eigenvalue weighted by Gasteiger charge is -2.40. The topological polar surface area (TPSA) is 41.4 Å². The van der Waals surface area contributed by atoms with E-state index in [0.717, 1.165) is 23.3 Å². The minimum absolute atomic E-state index is 0.0695. The number of carbonyl (C=O) groups excluding carboxylic acids is 1. The van der Waals surface area contributed by atoms with Crippen LogP contribution in [0.2, 0.25) is 0 Å². The third kappa shape index (κ3) is 4.81. The van der Waals surface area contributed by atoms with Crippen LogP contribution in [0.25, 0.3) is 0 Å². The number of benzene rings is 2.